The summed E-state index contributed by atoms with van der Waals surface area (Å²) in [6.07, 6.45) is 2.12. The Bertz CT molecular complexity index is 646. The van der Waals surface area contributed by atoms with E-state index in [1.54, 1.807) is 24.3 Å². The van der Waals surface area contributed by atoms with Crippen LogP contribution in [0.15, 0.2) is 30.5 Å². The van der Waals surface area contributed by atoms with Crippen molar-refractivity contribution in [2.75, 3.05) is 19.0 Å². The summed E-state index contributed by atoms with van der Waals surface area (Å²) in [7, 11) is 1.52. The van der Waals surface area contributed by atoms with Gasteiger partial charge in [0.15, 0.2) is 5.69 Å². The second kappa shape index (κ2) is 6.65. The summed E-state index contributed by atoms with van der Waals surface area (Å²) in [4.78, 5) is 18.9. The number of hydrogen-bond acceptors (Lipinski definition) is 6. The zero-order valence-electron chi connectivity index (χ0n) is 11.9. The van der Waals surface area contributed by atoms with Gasteiger partial charge < -0.3 is 10.1 Å². The van der Waals surface area contributed by atoms with Crippen LogP contribution in [0.2, 0.25) is 0 Å². The molecule has 7 nitrogen and oxygen atoms in total. The minimum absolute atomic E-state index is 0.151. The lowest BCUT2D eigenvalue weighted by atomic mass is 10.1. The fraction of sp³-hybridized carbons (Fsp3) is 0.286. The molecule has 1 aromatic heterocycles. The average Bonchev–Trinajstić information content (AvgIpc) is 2.52. The standard InChI is InChI=1S/C14H16N4O3/c1-3-8-15-14-16-9-11(18(19)20)13(17-14)10-6-4-5-7-12(10)21-2/h4-7,9H,3,8H2,1-2H3,(H,15,16,17). The first-order chi connectivity index (χ1) is 10.2. The van der Waals surface area contributed by atoms with Crippen molar-refractivity contribution < 1.29 is 9.66 Å². The number of ether oxygens (including phenoxy) is 1. The summed E-state index contributed by atoms with van der Waals surface area (Å²) in [6, 6.07) is 7.05. The van der Waals surface area contributed by atoms with Crippen LogP contribution in [-0.2, 0) is 0 Å². The van der Waals surface area contributed by atoms with E-state index >= 15 is 0 Å². The zero-order valence-corrected chi connectivity index (χ0v) is 11.9. The van der Waals surface area contributed by atoms with Gasteiger partial charge in [0.05, 0.1) is 12.0 Å². The molecule has 0 radical (unpaired) electrons. The lowest BCUT2D eigenvalue weighted by Gasteiger charge is -2.09. The van der Waals surface area contributed by atoms with Gasteiger partial charge in [-0.1, -0.05) is 19.1 Å². The van der Waals surface area contributed by atoms with Gasteiger partial charge in [-0.2, -0.15) is 0 Å². The second-order valence-electron chi connectivity index (χ2n) is 4.31. The maximum absolute atomic E-state index is 11.2. The molecule has 2 aromatic rings. The highest BCUT2D eigenvalue weighted by atomic mass is 16.6. The van der Waals surface area contributed by atoms with Crippen molar-refractivity contribution in [2.24, 2.45) is 0 Å². The molecule has 2 rings (SSSR count). The molecule has 21 heavy (non-hydrogen) atoms. The van der Waals surface area contributed by atoms with Gasteiger partial charge in [-0.05, 0) is 18.6 Å². The molecule has 1 N–H and O–H groups in total. The number of hydrogen-bond donors (Lipinski definition) is 1. The molecule has 0 fully saturated rings. The van der Waals surface area contributed by atoms with Crippen LogP contribution < -0.4 is 10.1 Å². The number of benzene rings is 1. The van der Waals surface area contributed by atoms with E-state index in [0.29, 0.717) is 23.8 Å². The molecule has 0 saturated carbocycles. The number of para-hydroxylation sites is 1. The molecule has 1 heterocycles. The van der Waals surface area contributed by atoms with E-state index < -0.39 is 4.92 Å². The lowest BCUT2D eigenvalue weighted by Crippen LogP contribution is -2.06. The number of nitro groups is 1. The van der Waals surface area contributed by atoms with E-state index in [9.17, 15) is 10.1 Å². The Balaban J connectivity index is 2.55. The number of rotatable bonds is 6. The molecular formula is C14H16N4O3. The van der Waals surface area contributed by atoms with E-state index in [1.807, 2.05) is 6.92 Å². The van der Waals surface area contributed by atoms with E-state index in [1.165, 1.54) is 13.3 Å². The molecule has 0 atom stereocenters. The van der Waals surface area contributed by atoms with Gasteiger partial charge in [0.1, 0.15) is 11.9 Å². The number of methoxy groups -OCH3 is 1. The Morgan fingerprint density at radius 3 is 2.81 bits per heavy atom. The van der Waals surface area contributed by atoms with Crippen LogP contribution in [0.3, 0.4) is 0 Å². The Kier molecular flexibility index (Phi) is 4.65. The molecular weight excluding hydrogens is 272 g/mol. The van der Waals surface area contributed by atoms with Gasteiger partial charge in [0.2, 0.25) is 5.95 Å². The monoisotopic (exact) mass is 288 g/mol. The highest BCUT2D eigenvalue weighted by Gasteiger charge is 2.21. The van der Waals surface area contributed by atoms with Crippen LogP contribution in [-0.4, -0.2) is 28.5 Å². The van der Waals surface area contributed by atoms with Gasteiger partial charge in [0.25, 0.3) is 0 Å². The fourth-order valence-corrected chi connectivity index (χ4v) is 1.87. The normalized spacial score (nSPS) is 10.2. The molecule has 0 unspecified atom stereocenters. The summed E-state index contributed by atoms with van der Waals surface area (Å²) in [5.41, 5.74) is 0.654. The third kappa shape index (κ3) is 3.25. The Labute approximate surface area is 122 Å². The van der Waals surface area contributed by atoms with E-state index in [4.69, 9.17) is 4.74 Å². The molecule has 0 bridgehead atoms. The maximum Gasteiger partial charge on any atom is 0.313 e. The predicted molar refractivity (Wildman–Crippen MR) is 79.5 cm³/mol. The summed E-state index contributed by atoms with van der Waals surface area (Å²) in [5, 5.41) is 14.2. The van der Waals surface area contributed by atoms with Crippen molar-refractivity contribution in [3.63, 3.8) is 0 Å². The third-order valence-electron chi connectivity index (χ3n) is 2.86. The molecule has 0 aliphatic carbocycles. The zero-order chi connectivity index (χ0) is 15.2. The van der Waals surface area contributed by atoms with Crippen molar-refractivity contribution in [2.45, 2.75) is 13.3 Å². The highest BCUT2D eigenvalue weighted by Crippen LogP contribution is 2.34. The van der Waals surface area contributed by atoms with Crippen molar-refractivity contribution >= 4 is 11.6 Å². The van der Waals surface area contributed by atoms with Crippen molar-refractivity contribution in [3.8, 4) is 17.0 Å². The minimum atomic E-state index is -0.495. The SMILES string of the molecule is CCCNc1ncc([N+](=O)[O-])c(-c2ccccc2OC)n1. The molecule has 0 aliphatic rings. The summed E-state index contributed by atoms with van der Waals surface area (Å²) >= 11 is 0. The van der Waals surface area contributed by atoms with Crippen molar-refractivity contribution in [1.29, 1.82) is 0 Å². The first-order valence-corrected chi connectivity index (χ1v) is 6.56. The van der Waals surface area contributed by atoms with Crippen LogP contribution in [0.4, 0.5) is 11.6 Å². The first kappa shape index (κ1) is 14.7. The van der Waals surface area contributed by atoms with Crippen LogP contribution in [0, 0.1) is 10.1 Å². The van der Waals surface area contributed by atoms with E-state index in [0.717, 1.165) is 6.42 Å². The largest absolute Gasteiger partial charge is 0.496 e. The van der Waals surface area contributed by atoms with E-state index in [2.05, 4.69) is 15.3 Å². The number of anilines is 1. The highest BCUT2D eigenvalue weighted by molar-refractivity contribution is 5.75. The fourth-order valence-electron chi connectivity index (χ4n) is 1.87. The summed E-state index contributed by atoms with van der Waals surface area (Å²) in [6.45, 7) is 2.71. The molecule has 0 saturated heterocycles. The number of nitrogens with zero attached hydrogens (tertiary/aromatic N) is 3. The van der Waals surface area contributed by atoms with Crippen LogP contribution in [0.1, 0.15) is 13.3 Å². The molecule has 0 aliphatic heterocycles. The molecule has 7 heteroatoms. The lowest BCUT2D eigenvalue weighted by molar-refractivity contribution is -0.384. The van der Waals surface area contributed by atoms with Gasteiger partial charge in [0, 0.05) is 12.1 Å². The predicted octanol–water partition coefficient (Wildman–Crippen LogP) is 2.88. The van der Waals surface area contributed by atoms with Crippen molar-refractivity contribution in [1.82, 2.24) is 9.97 Å². The molecule has 110 valence electrons. The van der Waals surface area contributed by atoms with Gasteiger partial charge >= 0.3 is 5.69 Å². The second-order valence-corrected chi connectivity index (χ2v) is 4.31. The van der Waals surface area contributed by atoms with Gasteiger partial charge in [-0.15, -0.1) is 0 Å². The quantitative estimate of drug-likeness (QED) is 0.649. The van der Waals surface area contributed by atoms with Crippen LogP contribution in [0.25, 0.3) is 11.3 Å². The summed E-state index contributed by atoms with van der Waals surface area (Å²) < 4.78 is 5.25. The van der Waals surface area contributed by atoms with E-state index in [-0.39, 0.29) is 11.4 Å². The maximum atomic E-state index is 11.2. The minimum Gasteiger partial charge on any atom is -0.496 e. The van der Waals surface area contributed by atoms with Crippen molar-refractivity contribution in [3.05, 3.63) is 40.6 Å². The van der Waals surface area contributed by atoms with Crippen LogP contribution in [0.5, 0.6) is 5.75 Å². The summed E-state index contributed by atoms with van der Waals surface area (Å²) in [5.74, 6) is 0.893. The Hall–Kier alpha value is -2.70. The number of aromatic nitrogens is 2. The topological polar surface area (TPSA) is 90.2 Å². The van der Waals surface area contributed by atoms with Gasteiger partial charge in [-0.25, -0.2) is 9.97 Å². The number of nitrogens with one attached hydrogen (secondary N) is 1. The van der Waals surface area contributed by atoms with Crippen LogP contribution >= 0.6 is 0 Å². The molecule has 0 spiro atoms. The molecule has 1 aromatic carbocycles. The average molecular weight is 288 g/mol. The Morgan fingerprint density at radius 2 is 2.14 bits per heavy atom. The molecule has 0 amide bonds. The van der Waals surface area contributed by atoms with Gasteiger partial charge in [-0.3, -0.25) is 10.1 Å². The first-order valence-electron chi connectivity index (χ1n) is 6.56. The third-order valence-corrected chi connectivity index (χ3v) is 2.86. The smallest absolute Gasteiger partial charge is 0.313 e. The Morgan fingerprint density at radius 1 is 1.38 bits per heavy atom.